The fraction of sp³-hybridized carbons (Fsp3) is 0.0667. The van der Waals surface area contributed by atoms with E-state index in [0.29, 0.717) is 71.0 Å². The van der Waals surface area contributed by atoms with E-state index in [1.165, 1.54) is 95.9 Å². The number of fused-ring (bicyclic) bond motifs is 1. The Hall–Kier alpha value is -13.9. The monoisotopic (exact) mass is 2070 g/mol. The second kappa shape index (κ2) is 47.9. The van der Waals surface area contributed by atoms with Gasteiger partial charge in [-0.1, -0.05) is 267 Å². The summed E-state index contributed by atoms with van der Waals surface area (Å²) in [4.78, 5) is 58.5. The average Bonchev–Trinajstić information content (AvgIpc) is 1.68. The number of aryl methyl sites for hydroxylation is 1. The van der Waals surface area contributed by atoms with Crippen LogP contribution in [0.2, 0.25) is 15.1 Å². The van der Waals surface area contributed by atoms with Crippen molar-refractivity contribution in [3.8, 4) is 5.75 Å². The van der Waals surface area contributed by atoms with E-state index in [-0.39, 0.29) is 113 Å². The molecule has 5 N–H and O–H groups in total. The molecule has 17 rings (SSSR count). The predicted molar refractivity (Wildman–Crippen MR) is 562 cm³/mol. The SMILES string of the molecule is C.C.C=[N+]([O-])c1ccc(S(=O)(=O)Nc2ccccc2C(=O)c2ccccc2)cc1.CC(C)Oc1ccc(S(=O)(=O)Nc2ccc(Cl)cc2Sc2ccccc2)cc1.Cc1ccc(S(=O)(=O)Nc2ccccc2C(=O)c2ccccc2)cc1.O=C(c1ccccc1)c1cc(Cl)ccc1NS(=O)(=O)c1ccc(C2=NCC=C2)s1.O=C(c1ccccc1)c1cc(Cl)ccc1NS(=O)(=O)c1csc2ccccc12. The molecule has 0 saturated carbocycles. The fourth-order valence-corrected chi connectivity index (χ4v) is 23.0. The summed E-state index contributed by atoms with van der Waals surface area (Å²) < 4.78 is 148. The lowest BCUT2D eigenvalue weighted by atomic mass is 10.0. The molecule has 1 aliphatic heterocycles. The number of ketones is 4. The number of allylic oxidation sites excluding steroid dienone is 1. The van der Waals surface area contributed by atoms with E-state index in [1.54, 1.807) is 248 Å². The van der Waals surface area contributed by atoms with Crippen LogP contribution >= 0.6 is 69.2 Å². The summed E-state index contributed by atoms with van der Waals surface area (Å²) in [6.45, 7) is 9.52. The van der Waals surface area contributed by atoms with Crippen LogP contribution in [0.15, 0.2) is 420 Å². The van der Waals surface area contributed by atoms with Gasteiger partial charge in [-0.3, -0.25) is 47.8 Å². The van der Waals surface area contributed by atoms with Gasteiger partial charge >= 0.3 is 0 Å². The second-order valence-corrected chi connectivity index (χ2v) is 43.0. The number of aliphatic imine (C=N–C) groups is 1. The van der Waals surface area contributed by atoms with Crippen LogP contribution in [0.25, 0.3) is 10.1 Å². The Bertz CT molecular complexity index is 7790. The van der Waals surface area contributed by atoms with Crippen LogP contribution in [0.1, 0.15) is 103 Å². The van der Waals surface area contributed by atoms with Gasteiger partial charge in [-0.15, -0.1) is 22.7 Å². The number of carbonyl (C=O) groups excluding carboxylic acids is 4. The van der Waals surface area contributed by atoms with Crippen molar-refractivity contribution in [2.24, 2.45) is 4.99 Å². The van der Waals surface area contributed by atoms with Gasteiger partial charge in [0, 0.05) is 97.0 Å². The number of rotatable bonds is 29. The summed E-state index contributed by atoms with van der Waals surface area (Å²) in [5.74, 6) is -0.522. The molecule has 0 unspecified atom stereocenters. The summed E-state index contributed by atoms with van der Waals surface area (Å²) in [5, 5.41) is 14.6. The Morgan fingerprint density at radius 2 is 0.791 bits per heavy atom. The highest BCUT2D eigenvalue weighted by molar-refractivity contribution is 7.99. The number of para-hydroxylation sites is 2. The molecule has 16 aromatic rings. The highest BCUT2D eigenvalue weighted by atomic mass is 35.5. The Morgan fingerprint density at radius 1 is 0.417 bits per heavy atom. The molecular weight excluding hydrogens is 1980 g/mol. The predicted octanol–water partition coefficient (Wildman–Crippen LogP) is 25.3. The minimum absolute atomic E-state index is 0. The van der Waals surface area contributed by atoms with Gasteiger partial charge in [-0.2, -0.15) is 4.74 Å². The molecule has 710 valence electrons. The maximum atomic E-state index is 13.0. The van der Waals surface area contributed by atoms with Gasteiger partial charge in [-0.05, 0) is 185 Å². The lowest BCUT2D eigenvalue weighted by molar-refractivity contribution is -0.349. The fourth-order valence-electron chi connectivity index (χ4n) is 13.2. The van der Waals surface area contributed by atoms with Gasteiger partial charge in [0.2, 0.25) is 5.69 Å². The molecule has 3 heterocycles. The number of hydrogen-bond donors (Lipinski definition) is 5. The first kappa shape index (κ1) is 106. The highest BCUT2D eigenvalue weighted by Gasteiger charge is 2.28. The van der Waals surface area contributed by atoms with Crippen LogP contribution in [-0.4, -0.2) is 95.0 Å². The van der Waals surface area contributed by atoms with Crippen molar-refractivity contribution in [3.05, 3.63) is 457 Å². The molecule has 0 saturated heterocycles. The Morgan fingerprint density at radius 3 is 1.24 bits per heavy atom. The van der Waals surface area contributed by atoms with Crippen molar-refractivity contribution in [2.75, 3.05) is 30.2 Å². The molecular formula is C105H90Cl3N7O16S8. The number of nitrogens with zero attached hydrogens (tertiary/aromatic N) is 2. The first-order chi connectivity index (χ1) is 65.6. The van der Waals surface area contributed by atoms with Gasteiger partial charge in [0.15, 0.2) is 23.1 Å². The minimum atomic E-state index is -3.94. The molecule has 2 aromatic heterocycles. The van der Waals surface area contributed by atoms with E-state index in [2.05, 4.69) is 35.3 Å². The van der Waals surface area contributed by atoms with Crippen LogP contribution in [-0.2, 0) is 50.1 Å². The molecule has 0 fully saturated rings. The van der Waals surface area contributed by atoms with Gasteiger partial charge in [0.05, 0.1) is 66.4 Å². The van der Waals surface area contributed by atoms with Gasteiger partial charge in [0.1, 0.15) is 21.6 Å². The van der Waals surface area contributed by atoms with E-state index >= 15 is 0 Å². The molecule has 0 bridgehead atoms. The number of sulfonamides is 5. The molecule has 14 aromatic carbocycles. The Labute approximate surface area is 835 Å². The van der Waals surface area contributed by atoms with Crippen LogP contribution in [0, 0.1) is 12.1 Å². The molecule has 34 heteroatoms. The zero-order valence-electron chi connectivity index (χ0n) is 72.7. The first-order valence-electron chi connectivity index (χ1n) is 41.4. The number of nitrogens with one attached hydrogen (secondary N) is 5. The lowest BCUT2D eigenvalue weighted by Gasteiger charge is -2.14. The maximum Gasteiger partial charge on any atom is 0.271 e. The molecule has 0 aliphatic carbocycles. The normalized spacial score (nSPS) is 11.5. The van der Waals surface area contributed by atoms with E-state index in [1.807, 2.05) is 81.5 Å². The van der Waals surface area contributed by atoms with Crippen molar-refractivity contribution in [1.82, 2.24) is 0 Å². The zero-order chi connectivity index (χ0) is 97.6. The molecule has 139 heavy (non-hydrogen) atoms. The molecule has 1 aliphatic rings. The third-order valence-electron chi connectivity index (χ3n) is 19.8. The van der Waals surface area contributed by atoms with Crippen molar-refractivity contribution < 1.29 is 70.7 Å². The van der Waals surface area contributed by atoms with Crippen LogP contribution in [0.5, 0.6) is 5.75 Å². The first-order valence-corrected chi connectivity index (χ1v) is 52.5. The number of hydrogen-bond acceptors (Lipinski definition) is 20. The average molecular weight is 2070 g/mol. The molecule has 0 amide bonds. The second-order valence-electron chi connectivity index (χ2n) is 30.0. The van der Waals surface area contributed by atoms with Crippen molar-refractivity contribution >= 4 is 199 Å². The van der Waals surface area contributed by atoms with E-state index in [9.17, 15) is 66.5 Å². The van der Waals surface area contributed by atoms with E-state index in [4.69, 9.17) is 39.5 Å². The van der Waals surface area contributed by atoms with Crippen molar-refractivity contribution in [1.29, 1.82) is 0 Å². The lowest BCUT2D eigenvalue weighted by Crippen LogP contribution is -2.16. The third kappa shape index (κ3) is 28.2. The van der Waals surface area contributed by atoms with Gasteiger partial charge in [0.25, 0.3) is 50.1 Å². The Kier molecular flexibility index (Phi) is 36.4. The van der Waals surface area contributed by atoms with Crippen molar-refractivity contribution in [3.63, 3.8) is 0 Å². The number of halogens is 3. The van der Waals surface area contributed by atoms with E-state index in [0.717, 1.165) is 42.0 Å². The summed E-state index contributed by atoms with van der Waals surface area (Å²) in [7, 11) is -19.2. The van der Waals surface area contributed by atoms with E-state index < -0.39 is 50.1 Å². The van der Waals surface area contributed by atoms with Crippen LogP contribution < -0.4 is 28.3 Å². The maximum absolute atomic E-state index is 13.0. The number of carbonyl (C=O) groups is 4. The standard InChI is InChI=1S/C21H15ClN2O3S2.C21H14ClNO3S2.C21H20ClNO3S2.C20H16N2O4S.C20H17NO3S.2CH4/c22-15-8-9-17(16(13-15)21(25)14-5-2-1-3-6-14)24-29(26,27)20-11-10-19(28-20)18-7-4-12-23-18;22-15-10-11-18(17(12-15)21(24)14-6-2-1-3-7-14)23-28(25,26)20-13-27-19-9-5-4-8-16(19)20;1-15(2)26-17-9-11-19(12-10-17)28(24,25)23-20-13-8-16(22)14-21(20)27-18-6-4-3-5-7-18;1-22(24)16-11-13-17(14-12-16)27(25,26)21-19-10-6-5-9-18(19)20(23)15-7-3-2-4-8-15;1-15-11-13-17(14-12-15)25(23,24)21-19-10-6-5-9-18(19)20(22)16-7-3-2-4-8-16;;/h1-11,13,24H,12H2;1-13,23H;3-15,23H,1-2H3;2-14,21H,1H2;2-14,21H,1H3;2*1H4. The smallest absolute Gasteiger partial charge is 0.271 e. The third-order valence-corrected chi connectivity index (χ3v) is 31.2. The summed E-state index contributed by atoms with van der Waals surface area (Å²) in [6.07, 6.45) is 3.80. The number of benzene rings is 14. The van der Waals surface area contributed by atoms with Crippen LogP contribution in [0.3, 0.4) is 0 Å². The number of anilines is 5. The largest absolute Gasteiger partial charge is 0.619 e. The summed E-state index contributed by atoms with van der Waals surface area (Å²) in [6, 6.07) is 100. The number of ether oxygens (including phenoxy) is 1. The van der Waals surface area contributed by atoms with Crippen molar-refractivity contribution in [2.45, 2.75) is 75.3 Å². The van der Waals surface area contributed by atoms with Crippen LogP contribution in [0.4, 0.5) is 34.1 Å². The van der Waals surface area contributed by atoms with Gasteiger partial charge in [-0.25, -0.2) is 42.1 Å². The molecule has 0 atom stereocenters. The highest BCUT2D eigenvalue weighted by Crippen LogP contribution is 2.39. The topological polar surface area (TPSA) is 347 Å². The molecule has 23 nitrogen and oxygen atoms in total. The summed E-state index contributed by atoms with van der Waals surface area (Å²) in [5.41, 5.74) is 6.04. The Balaban J connectivity index is 0.000000166. The quantitative estimate of drug-likeness (QED) is 0.00956. The minimum Gasteiger partial charge on any atom is -0.619 e. The molecule has 0 spiro atoms. The number of thiophene rings is 2. The summed E-state index contributed by atoms with van der Waals surface area (Å²) >= 11 is 22.2. The zero-order valence-corrected chi connectivity index (χ0v) is 81.5. The molecule has 0 radical (unpaired) electrons. The van der Waals surface area contributed by atoms with Gasteiger partial charge < -0.3 is 9.94 Å².